The van der Waals surface area contributed by atoms with Gasteiger partial charge in [-0.15, -0.1) is 0 Å². The first kappa shape index (κ1) is 40.6. The summed E-state index contributed by atoms with van der Waals surface area (Å²) >= 11 is 0. The van der Waals surface area contributed by atoms with Crippen LogP contribution in [0.5, 0.6) is 0 Å². The van der Waals surface area contributed by atoms with Crippen LogP contribution in [0.2, 0.25) is 0 Å². The second kappa shape index (κ2) is 20.8. The number of ether oxygens (including phenoxy) is 6. The number of aliphatic carboxylic acids is 1. The maximum absolute atomic E-state index is 12.5. The molecule has 0 bridgehead atoms. The van der Waals surface area contributed by atoms with Gasteiger partial charge in [-0.25, -0.2) is 9.59 Å². The Bertz CT molecular complexity index is 1670. The molecule has 10 nitrogen and oxygen atoms in total. The molecule has 1 aliphatic rings. The number of carbonyl (C=O) groups excluding carboxylic acids is 1. The van der Waals surface area contributed by atoms with E-state index in [2.05, 4.69) is 5.32 Å². The van der Waals surface area contributed by atoms with Crippen LogP contribution in [0, 0.1) is 0 Å². The summed E-state index contributed by atoms with van der Waals surface area (Å²) in [5.74, 6) is -1.15. The fourth-order valence-corrected chi connectivity index (χ4v) is 6.35. The van der Waals surface area contributed by atoms with Crippen LogP contribution in [-0.4, -0.2) is 65.9 Å². The number of carboxylic acids is 1. The highest BCUT2D eigenvalue weighted by Gasteiger charge is 2.48. The van der Waals surface area contributed by atoms with Gasteiger partial charge in [-0.05, 0) is 62.3 Å². The Morgan fingerprint density at radius 3 is 1.52 bits per heavy atom. The quantitative estimate of drug-likeness (QED) is 0.0990. The van der Waals surface area contributed by atoms with Crippen molar-refractivity contribution < 1.29 is 43.1 Å². The summed E-state index contributed by atoms with van der Waals surface area (Å²) in [6, 6.07) is 38.6. The van der Waals surface area contributed by atoms with Gasteiger partial charge >= 0.3 is 12.1 Å². The molecular weight excluding hydrogens is 686 g/mol. The molecule has 288 valence electrons. The first-order chi connectivity index (χ1) is 26.1. The zero-order chi connectivity index (χ0) is 38.2. The summed E-state index contributed by atoms with van der Waals surface area (Å²) in [5, 5.41) is 12.5. The molecule has 4 aromatic rings. The molecule has 0 radical (unpaired) electrons. The van der Waals surface area contributed by atoms with Crippen LogP contribution in [0.4, 0.5) is 4.79 Å². The summed E-state index contributed by atoms with van der Waals surface area (Å²) < 4.78 is 38.8. The van der Waals surface area contributed by atoms with Crippen LogP contribution < -0.4 is 5.32 Å². The second-order valence-corrected chi connectivity index (χ2v) is 14.5. The lowest BCUT2D eigenvalue weighted by atomic mass is 9.91. The topological polar surface area (TPSA) is 122 Å². The molecule has 1 fully saturated rings. The summed E-state index contributed by atoms with van der Waals surface area (Å²) in [4.78, 5) is 24.7. The third kappa shape index (κ3) is 13.4. The Hall–Kier alpha value is -4.58. The molecule has 10 heteroatoms. The minimum absolute atomic E-state index is 0.151. The van der Waals surface area contributed by atoms with Gasteiger partial charge in [-0.2, -0.15) is 0 Å². The van der Waals surface area contributed by atoms with Crippen LogP contribution in [0.3, 0.4) is 0 Å². The highest BCUT2D eigenvalue weighted by atomic mass is 16.6. The number of nitrogens with one attached hydrogen (secondary N) is 1. The Kier molecular flexibility index (Phi) is 15.6. The number of amides is 1. The van der Waals surface area contributed by atoms with Crippen molar-refractivity contribution in [3.63, 3.8) is 0 Å². The van der Waals surface area contributed by atoms with Gasteiger partial charge in [0.05, 0.1) is 39.1 Å². The molecule has 1 saturated heterocycles. The van der Waals surface area contributed by atoms with E-state index in [1.54, 1.807) is 20.8 Å². The fraction of sp³-hybridized carbons (Fsp3) is 0.409. The van der Waals surface area contributed by atoms with E-state index in [4.69, 9.17) is 28.4 Å². The molecule has 1 heterocycles. The first-order valence-corrected chi connectivity index (χ1v) is 18.6. The summed E-state index contributed by atoms with van der Waals surface area (Å²) in [7, 11) is 0. The number of benzene rings is 4. The molecule has 2 N–H and O–H groups in total. The zero-order valence-electron chi connectivity index (χ0n) is 31.4. The van der Waals surface area contributed by atoms with Crippen molar-refractivity contribution in [3.8, 4) is 0 Å². The van der Waals surface area contributed by atoms with Crippen molar-refractivity contribution >= 4 is 12.1 Å². The highest BCUT2D eigenvalue weighted by molar-refractivity contribution is 5.79. The predicted octanol–water partition coefficient (Wildman–Crippen LogP) is 7.88. The third-order valence-corrected chi connectivity index (χ3v) is 8.95. The lowest BCUT2D eigenvalue weighted by molar-refractivity contribution is -0.273. The van der Waals surface area contributed by atoms with Gasteiger partial charge in [0.15, 0.2) is 0 Å². The minimum Gasteiger partial charge on any atom is -0.480 e. The van der Waals surface area contributed by atoms with E-state index >= 15 is 0 Å². The van der Waals surface area contributed by atoms with E-state index in [9.17, 15) is 14.7 Å². The van der Waals surface area contributed by atoms with Gasteiger partial charge in [0.25, 0.3) is 0 Å². The Balaban J connectivity index is 1.42. The largest absolute Gasteiger partial charge is 0.480 e. The lowest BCUT2D eigenvalue weighted by Crippen LogP contribution is -2.61. The molecule has 0 aliphatic carbocycles. The average molecular weight is 740 g/mol. The molecule has 0 aromatic heterocycles. The van der Waals surface area contributed by atoms with Crippen LogP contribution in [0.15, 0.2) is 121 Å². The summed E-state index contributed by atoms with van der Waals surface area (Å²) in [5.41, 5.74) is 3.26. The van der Waals surface area contributed by atoms with Crippen LogP contribution >= 0.6 is 0 Å². The number of alkyl carbamates (subject to hydrolysis) is 1. The predicted molar refractivity (Wildman–Crippen MR) is 204 cm³/mol. The van der Waals surface area contributed by atoms with E-state index in [1.165, 1.54) is 0 Å². The van der Waals surface area contributed by atoms with Crippen molar-refractivity contribution in [1.29, 1.82) is 0 Å². The van der Waals surface area contributed by atoms with Gasteiger partial charge in [-0.1, -0.05) is 121 Å². The van der Waals surface area contributed by atoms with Crippen molar-refractivity contribution in [1.82, 2.24) is 5.32 Å². The molecule has 5 rings (SSSR count). The Morgan fingerprint density at radius 2 is 1.07 bits per heavy atom. The maximum Gasteiger partial charge on any atom is 0.408 e. The van der Waals surface area contributed by atoms with E-state index in [-0.39, 0.29) is 13.0 Å². The fourth-order valence-electron chi connectivity index (χ4n) is 6.35. The Morgan fingerprint density at radius 1 is 0.648 bits per heavy atom. The van der Waals surface area contributed by atoms with Gasteiger partial charge in [0.2, 0.25) is 0 Å². The number of carboxylic acid groups (broad SMARTS) is 1. The Labute approximate surface area is 318 Å². The molecule has 0 spiro atoms. The van der Waals surface area contributed by atoms with Gasteiger partial charge in [-0.3, -0.25) is 0 Å². The lowest BCUT2D eigenvalue weighted by Gasteiger charge is -2.46. The van der Waals surface area contributed by atoms with E-state index < -0.39 is 54.2 Å². The van der Waals surface area contributed by atoms with Crippen molar-refractivity contribution in [2.45, 2.75) is 109 Å². The average Bonchev–Trinajstić information content (AvgIpc) is 3.16. The van der Waals surface area contributed by atoms with Crippen molar-refractivity contribution in [2.75, 3.05) is 6.61 Å². The minimum atomic E-state index is -1.15. The maximum atomic E-state index is 12.5. The van der Waals surface area contributed by atoms with Gasteiger partial charge in [0, 0.05) is 0 Å². The van der Waals surface area contributed by atoms with E-state index in [0.717, 1.165) is 22.3 Å². The molecule has 54 heavy (non-hydrogen) atoms. The number of hydrogen-bond donors (Lipinski definition) is 2. The van der Waals surface area contributed by atoms with Crippen LogP contribution in [-0.2, 0) is 59.6 Å². The first-order valence-electron chi connectivity index (χ1n) is 18.6. The summed E-state index contributed by atoms with van der Waals surface area (Å²) in [6.45, 7) is 6.72. The summed E-state index contributed by atoms with van der Waals surface area (Å²) in [6.07, 6.45) is -2.63. The SMILES string of the molecule is CC(C)(C)OC(=O)N[C@@H](CCC[C@@H]1O[C@H](COCc2ccccc2)[C@@H](OCc2ccccc2)[C@H](OCc2ccccc2)[C@H]1OCc1ccccc1)C(=O)O. The van der Waals surface area contributed by atoms with Gasteiger partial charge < -0.3 is 38.8 Å². The standard InChI is InChI=1S/C44H53NO9/c1-44(2,3)54-43(48)45-36(42(46)47)25-16-26-37-39(50-28-33-19-10-5-11-20-33)41(52-30-35-23-14-7-15-24-35)40(51-29-34-21-12-6-13-22-34)38(53-37)31-49-27-32-17-8-4-9-18-32/h4-15,17-24,36-41H,16,25-31H2,1-3H3,(H,45,48)(H,46,47)/t36-,37-,38+,39-,40+,41+/m0/s1. The molecule has 0 unspecified atom stereocenters. The van der Waals surface area contributed by atoms with Crippen molar-refractivity contribution in [3.05, 3.63) is 144 Å². The normalized spacial score (nSPS) is 20.5. The molecule has 0 saturated carbocycles. The number of carbonyl (C=O) groups is 2. The molecule has 4 aromatic carbocycles. The third-order valence-electron chi connectivity index (χ3n) is 8.95. The number of hydrogen-bond acceptors (Lipinski definition) is 8. The zero-order valence-corrected chi connectivity index (χ0v) is 31.4. The second-order valence-electron chi connectivity index (χ2n) is 14.5. The monoisotopic (exact) mass is 739 g/mol. The van der Waals surface area contributed by atoms with E-state index in [0.29, 0.717) is 39.3 Å². The molecule has 1 amide bonds. The molecule has 1 aliphatic heterocycles. The van der Waals surface area contributed by atoms with Crippen LogP contribution in [0.25, 0.3) is 0 Å². The van der Waals surface area contributed by atoms with Crippen molar-refractivity contribution in [2.24, 2.45) is 0 Å². The number of rotatable bonds is 19. The molecular formula is C44H53NO9. The van der Waals surface area contributed by atoms with Gasteiger partial charge in [0.1, 0.15) is 36.1 Å². The smallest absolute Gasteiger partial charge is 0.408 e. The highest BCUT2D eigenvalue weighted by Crippen LogP contribution is 2.33. The van der Waals surface area contributed by atoms with Crippen LogP contribution in [0.1, 0.15) is 62.3 Å². The van der Waals surface area contributed by atoms with E-state index in [1.807, 2.05) is 121 Å². The molecule has 6 atom stereocenters.